The van der Waals surface area contributed by atoms with Crippen molar-refractivity contribution in [2.24, 2.45) is 0 Å². The highest BCUT2D eigenvalue weighted by atomic mass is 32.2. The Kier molecular flexibility index (Phi) is 4.75. The van der Waals surface area contributed by atoms with Crippen molar-refractivity contribution in [2.75, 3.05) is 6.54 Å². The highest BCUT2D eigenvalue weighted by molar-refractivity contribution is 7.99. The van der Waals surface area contributed by atoms with Gasteiger partial charge in [-0.1, -0.05) is 36.0 Å². The fraction of sp³-hybridized carbons (Fsp3) is 0.0667. The van der Waals surface area contributed by atoms with Crippen LogP contribution >= 0.6 is 11.8 Å². The van der Waals surface area contributed by atoms with E-state index in [-0.39, 0.29) is 5.91 Å². The van der Waals surface area contributed by atoms with Crippen LogP contribution in [-0.4, -0.2) is 17.4 Å². The molecular weight excluding hydrogens is 256 g/mol. The molecule has 0 aliphatic carbocycles. The van der Waals surface area contributed by atoms with Gasteiger partial charge in [0.1, 0.15) is 5.03 Å². The van der Waals surface area contributed by atoms with Crippen LogP contribution in [0.3, 0.4) is 0 Å². The lowest BCUT2D eigenvalue weighted by atomic mass is 10.2. The lowest BCUT2D eigenvalue weighted by Crippen LogP contribution is -2.24. The molecule has 1 aromatic carbocycles. The molecule has 1 amide bonds. The maximum atomic E-state index is 12.0. The van der Waals surface area contributed by atoms with Gasteiger partial charge < -0.3 is 5.32 Å². The summed E-state index contributed by atoms with van der Waals surface area (Å²) in [5.41, 5.74) is 0.582. The zero-order valence-corrected chi connectivity index (χ0v) is 11.2. The van der Waals surface area contributed by atoms with Gasteiger partial charge in [-0.2, -0.15) is 0 Å². The Labute approximate surface area is 116 Å². The smallest absolute Gasteiger partial charge is 0.254 e. The lowest BCUT2D eigenvalue weighted by molar-refractivity contribution is 0.0954. The Bertz CT molecular complexity index is 569. The minimum absolute atomic E-state index is 0.133. The van der Waals surface area contributed by atoms with E-state index in [0.717, 1.165) is 4.90 Å². The van der Waals surface area contributed by atoms with E-state index in [4.69, 9.17) is 0 Å². The van der Waals surface area contributed by atoms with Crippen molar-refractivity contribution in [2.45, 2.75) is 9.92 Å². The van der Waals surface area contributed by atoms with Crippen LogP contribution in [-0.2, 0) is 0 Å². The quantitative estimate of drug-likeness (QED) is 0.849. The predicted molar refractivity (Wildman–Crippen MR) is 77.3 cm³/mol. The van der Waals surface area contributed by atoms with Gasteiger partial charge in [-0.3, -0.25) is 4.79 Å². The fourth-order valence-corrected chi connectivity index (χ4v) is 2.41. The van der Waals surface area contributed by atoms with Crippen molar-refractivity contribution in [1.82, 2.24) is 10.3 Å². The molecule has 0 saturated heterocycles. The molecule has 2 rings (SSSR count). The summed E-state index contributed by atoms with van der Waals surface area (Å²) in [6.07, 6.45) is 3.34. The molecule has 3 nitrogen and oxygen atoms in total. The molecule has 0 aliphatic rings. The Hall–Kier alpha value is -2.07. The minimum atomic E-state index is -0.133. The molecular formula is C15H14N2OS. The molecule has 0 radical (unpaired) electrons. The number of amides is 1. The van der Waals surface area contributed by atoms with Crippen molar-refractivity contribution in [3.63, 3.8) is 0 Å². The Balaban J connectivity index is 2.21. The van der Waals surface area contributed by atoms with Crippen LogP contribution < -0.4 is 5.32 Å². The number of nitrogens with zero attached hydrogens (tertiary/aromatic N) is 1. The van der Waals surface area contributed by atoms with Gasteiger partial charge in [-0.05, 0) is 24.3 Å². The topological polar surface area (TPSA) is 42.0 Å². The summed E-state index contributed by atoms with van der Waals surface area (Å²) in [5, 5.41) is 3.47. The van der Waals surface area contributed by atoms with Crippen LogP contribution in [0.4, 0.5) is 0 Å². The van der Waals surface area contributed by atoms with Crippen molar-refractivity contribution >= 4 is 17.7 Å². The van der Waals surface area contributed by atoms with Crippen LogP contribution in [0.2, 0.25) is 0 Å². The van der Waals surface area contributed by atoms with Crippen LogP contribution in [0.15, 0.2) is 71.2 Å². The van der Waals surface area contributed by atoms with Crippen LogP contribution in [0, 0.1) is 0 Å². The molecule has 1 heterocycles. The first-order valence-electron chi connectivity index (χ1n) is 5.88. The maximum Gasteiger partial charge on any atom is 0.254 e. The molecule has 0 fully saturated rings. The molecule has 0 unspecified atom stereocenters. The number of carbonyl (C=O) groups excluding carboxylic acids is 1. The van der Waals surface area contributed by atoms with E-state index in [9.17, 15) is 4.79 Å². The third kappa shape index (κ3) is 3.69. The summed E-state index contributed by atoms with van der Waals surface area (Å²) in [6.45, 7) is 4.03. The lowest BCUT2D eigenvalue weighted by Gasteiger charge is -2.07. The highest BCUT2D eigenvalue weighted by Gasteiger charge is 2.12. The van der Waals surface area contributed by atoms with E-state index >= 15 is 0 Å². The molecule has 2 aromatic rings. The molecule has 19 heavy (non-hydrogen) atoms. The zero-order valence-electron chi connectivity index (χ0n) is 10.4. The van der Waals surface area contributed by atoms with Crippen molar-refractivity contribution in [1.29, 1.82) is 0 Å². The molecule has 1 N–H and O–H groups in total. The molecule has 96 valence electrons. The van der Waals surface area contributed by atoms with Crippen LogP contribution in [0.25, 0.3) is 0 Å². The summed E-state index contributed by atoms with van der Waals surface area (Å²) < 4.78 is 0. The first kappa shape index (κ1) is 13.4. The molecule has 4 heteroatoms. The third-order valence-electron chi connectivity index (χ3n) is 2.38. The zero-order chi connectivity index (χ0) is 13.5. The van der Waals surface area contributed by atoms with Gasteiger partial charge in [0.05, 0.1) is 5.56 Å². The van der Waals surface area contributed by atoms with Gasteiger partial charge in [0.15, 0.2) is 0 Å². The van der Waals surface area contributed by atoms with Crippen molar-refractivity contribution in [3.8, 4) is 0 Å². The second kappa shape index (κ2) is 6.75. The van der Waals surface area contributed by atoms with E-state index in [0.29, 0.717) is 17.1 Å². The highest BCUT2D eigenvalue weighted by Crippen LogP contribution is 2.28. The van der Waals surface area contributed by atoms with E-state index in [1.165, 1.54) is 11.8 Å². The Morgan fingerprint density at radius 2 is 2.05 bits per heavy atom. The van der Waals surface area contributed by atoms with E-state index in [1.807, 2.05) is 30.3 Å². The average molecular weight is 270 g/mol. The number of aromatic nitrogens is 1. The summed E-state index contributed by atoms with van der Waals surface area (Å²) in [6, 6.07) is 13.4. The number of hydrogen-bond donors (Lipinski definition) is 1. The van der Waals surface area contributed by atoms with Gasteiger partial charge in [0.2, 0.25) is 0 Å². The monoisotopic (exact) mass is 270 g/mol. The number of rotatable bonds is 5. The molecule has 0 spiro atoms. The summed E-state index contributed by atoms with van der Waals surface area (Å²) in [5.74, 6) is -0.133. The SMILES string of the molecule is C=CCNC(=O)c1cccnc1Sc1ccccc1. The molecule has 0 bridgehead atoms. The summed E-state index contributed by atoms with van der Waals surface area (Å²) >= 11 is 1.48. The third-order valence-corrected chi connectivity index (χ3v) is 3.41. The number of pyridine rings is 1. The number of hydrogen-bond acceptors (Lipinski definition) is 3. The average Bonchev–Trinajstić information content (AvgIpc) is 2.46. The van der Waals surface area contributed by atoms with E-state index in [1.54, 1.807) is 24.4 Å². The number of nitrogens with one attached hydrogen (secondary N) is 1. The van der Waals surface area contributed by atoms with Crippen LogP contribution in [0.1, 0.15) is 10.4 Å². The van der Waals surface area contributed by atoms with E-state index < -0.39 is 0 Å². The van der Waals surface area contributed by atoms with Crippen LogP contribution in [0.5, 0.6) is 0 Å². The molecule has 1 aromatic heterocycles. The Morgan fingerprint density at radius 1 is 1.26 bits per heavy atom. The second-order valence-corrected chi connectivity index (χ2v) is 4.83. The molecule has 0 aliphatic heterocycles. The largest absolute Gasteiger partial charge is 0.348 e. The fourth-order valence-electron chi connectivity index (χ4n) is 1.51. The van der Waals surface area contributed by atoms with Crippen molar-refractivity contribution in [3.05, 3.63) is 66.9 Å². The van der Waals surface area contributed by atoms with Gasteiger partial charge in [-0.15, -0.1) is 6.58 Å². The Morgan fingerprint density at radius 3 is 2.79 bits per heavy atom. The van der Waals surface area contributed by atoms with Gasteiger partial charge in [0, 0.05) is 17.6 Å². The maximum absolute atomic E-state index is 12.0. The number of benzene rings is 1. The predicted octanol–water partition coefficient (Wildman–Crippen LogP) is 3.15. The van der Waals surface area contributed by atoms with Gasteiger partial charge in [0.25, 0.3) is 5.91 Å². The van der Waals surface area contributed by atoms with Gasteiger partial charge in [-0.25, -0.2) is 4.98 Å². The van der Waals surface area contributed by atoms with Crippen molar-refractivity contribution < 1.29 is 4.79 Å². The standard InChI is InChI=1S/C15H14N2OS/c1-2-10-16-14(18)13-9-6-11-17-15(13)19-12-7-4-3-5-8-12/h2-9,11H,1,10H2,(H,16,18). The first-order valence-corrected chi connectivity index (χ1v) is 6.70. The number of carbonyl (C=O) groups is 1. The molecule has 0 saturated carbocycles. The minimum Gasteiger partial charge on any atom is -0.348 e. The summed E-state index contributed by atoms with van der Waals surface area (Å²) in [7, 11) is 0. The second-order valence-electron chi connectivity index (χ2n) is 3.77. The summed E-state index contributed by atoms with van der Waals surface area (Å²) in [4.78, 5) is 17.3. The van der Waals surface area contributed by atoms with E-state index in [2.05, 4.69) is 16.9 Å². The van der Waals surface area contributed by atoms with Gasteiger partial charge >= 0.3 is 0 Å². The molecule has 0 atom stereocenters. The normalized spacial score (nSPS) is 9.89. The first-order chi connectivity index (χ1) is 9.31.